The fourth-order valence-corrected chi connectivity index (χ4v) is 3.71. The van der Waals surface area contributed by atoms with E-state index in [9.17, 15) is 4.79 Å². The maximum absolute atomic E-state index is 10.9. The number of hydrogen-bond donors (Lipinski definition) is 2. The molecule has 0 fully saturated rings. The highest BCUT2D eigenvalue weighted by Gasteiger charge is 2.32. The molecule has 2 aromatic rings. The Kier molecular flexibility index (Phi) is 4.71. The van der Waals surface area contributed by atoms with Crippen molar-refractivity contribution in [2.75, 3.05) is 5.32 Å². The number of ether oxygens (including phenoxy) is 1. The zero-order valence-corrected chi connectivity index (χ0v) is 14.8. The van der Waals surface area contributed by atoms with E-state index >= 15 is 0 Å². The molecule has 1 aliphatic heterocycles. The molecule has 0 bridgehead atoms. The van der Waals surface area contributed by atoms with Crippen LogP contribution in [0.5, 0.6) is 0 Å². The van der Waals surface area contributed by atoms with Crippen LogP contribution in [-0.2, 0) is 4.74 Å². The topological polar surface area (TPSA) is 58.6 Å². The maximum atomic E-state index is 10.9. The monoisotopic (exact) mass is 415 g/mol. The van der Waals surface area contributed by atoms with Gasteiger partial charge in [0.1, 0.15) is 0 Å². The number of benzene rings is 2. The summed E-state index contributed by atoms with van der Waals surface area (Å²) in [4.78, 5) is 10.9. The normalized spacial score (nSPS) is 19.6. The van der Waals surface area contributed by atoms with E-state index in [0.29, 0.717) is 22.2 Å². The van der Waals surface area contributed by atoms with Gasteiger partial charge in [-0.3, -0.25) is 0 Å². The number of hydrogen-bond acceptors (Lipinski definition) is 3. The average Bonchev–Trinajstić information content (AvgIpc) is 2.45. The molecule has 0 aliphatic carbocycles. The van der Waals surface area contributed by atoms with Crippen LogP contribution in [0.15, 0.2) is 40.9 Å². The molecule has 2 aromatic carbocycles. The van der Waals surface area contributed by atoms with Crippen molar-refractivity contribution in [2.45, 2.75) is 18.6 Å². The van der Waals surface area contributed by atoms with Gasteiger partial charge < -0.3 is 15.2 Å². The Bertz CT molecular complexity index is 752. The lowest BCUT2D eigenvalue weighted by atomic mass is 9.84. The number of rotatable bonds is 2. The number of anilines is 1. The van der Waals surface area contributed by atoms with Gasteiger partial charge in [0.2, 0.25) is 0 Å². The third-order valence-corrected chi connectivity index (χ3v) is 4.78. The summed E-state index contributed by atoms with van der Waals surface area (Å²) in [6.07, 6.45) is -1.54. The van der Waals surface area contributed by atoms with Crippen molar-refractivity contribution < 1.29 is 14.6 Å². The van der Waals surface area contributed by atoms with Gasteiger partial charge in [-0.05, 0) is 29.8 Å². The van der Waals surface area contributed by atoms with E-state index in [1.807, 2.05) is 24.3 Å². The van der Waals surface area contributed by atoms with Crippen LogP contribution < -0.4 is 5.32 Å². The zero-order valence-electron chi connectivity index (χ0n) is 11.7. The minimum atomic E-state index is -1.33. The van der Waals surface area contributed by atoms with Gasteiger partial charge in [0.15, 0.2) is 6.23 Å². The van der Waals surface area contributed by atoms with Crippen LogP contribution in [-0.4, -0.2) is 17.5 Å². The second-order valence-corrected chi connectivity index (χ2v) is 6.96. The number of nitrogens with one attached hydrogen (secondary N) is 1. The molecule has 1 heterocycles. The predicted molar refractivity (Wildman–Crippen MR) is 93.6 cm³/mol. The van der Waals surface area contributed by atoms with Gasteiger partial charge in [-0.2, -0.15) is 0 Å². The summed E-state index contributed by atoms with van der Waals surface area (Å²) in [6.45, 7) is 0. The summed E-state index contributed by atoms with van der Waals surface area (Å²) in [5.74, 6) is -0.0894. The van der Waals surface area contributed by atoms with Gasteiger partial charge in [0.25, 0.3) is 0 Å². The van der Waals surface area contributed by atoms with Gasteiger partial charge in [-0.15, -0.1) is 0 Å². The third-order valence-electron chi connectivity index (χ3n) is 3.72. The molecule has 0 saturated heterocycles. The molecule has 0 saturated carbocycles. The first-order valence-corrected chi connectivity index (χ1v) is 8.39. The van der Waals surface area contributed by atoms with Gasteiger partial charge in [-0.25, -0.2) is 4.79 Å². The van der Waals surface area contributed by atoms with E-state index < -0.39 is 12.4 Å². The molecule has 3 rings (SSSR count). The molecule has 2 atom stereocenters. The molecule has 120 valence electrons. The first-order chi connectivity index (χ1) is 10.9. The van der Waals surface area contributed by atoms with E-state index in [-0.39, 0.29) is 5.92 Å². The average molecular weight is 417 g/mol. The number of carboxylic acid groups (broad SMARTS) is 1. The highest BCUT2D eigenvalue weighted by molar-refractivity contribution is 9.10. The van der Waals surface area contributed by atoms with Crippen molar-refractivity contribution in [2.24, 2.45) is 0 Å². The second-order valence-electron chi connectivity index (χ2n) is 5.21. The van der Waals surface area contributed by atoms with Crippen LogP contribution in [0.4, 0.5) is 10.5 Å². The summed E-state index contributed by atoms with van der Waals surface area (Å²) in [6, 6.07) is 11.3. The van der Waals surface area contributed by atoms with Crippen LogP contribution in [0.1, 0.15) is 23.5 Å². The quantitative estimate of drug-likeness (QED) is 0.614. The lowest BCUT2D eigenvalue weighted by Crippen LogP contribution is -2.32. The summed E-state index contributed by atoms with van der Waals surface area (Å²) in [7, 11) is 0. The van der Waals surface area contributed by atoms with E-state index in [2.05, 4.69) is 21.2 Å². The van der Waals surface area contributed by atoms with E-state index in [1.165, 1.54) is 0 Å². The van der Waals surface area contributed by atoms with Crippen LogP contribution in [0.3, 0.4) is 0 Å². The van der Waals surface area contributed by atoms with Crippen molar-refractivity contribution in [1.82, 2.24) is 0 Å². The molecule has 1 aliphatic rings. The summed E-state index contributed by atoms with van der Waals surface area (Å²) in [5.41, 5.74) is 2.61. The fourth-order valence-electron chi connectivity index (χ4n) is 2.82. The highest BCUT2D eigenvalue weighted by atomic mass is 79.9. The molecule has 0 spiro atoms. The molecule has 0 aromatic heterocycles. The molecule has 2 N–H and O–H groups in total. The Morgan fingerprint density at radius 2 is 1.96 bits per heavy atom. The SMILES string of the molecule is O=C(O)OC1CC(c2ccc(Br)cc2)c2c(Cl)cc(Cl)cc2N1. The Labute approximate surface area is 151 Å². The molecule has 0 radical (unpaired) electrons. The molecule has 4 nitrogen and oxygen atoms in total. The van der Waals surface area contributed by atoms with E-state index in [1.54, 1.807) is 12.1 Å². The Hall–Kier alpha value is -1.43. The first kappa shape index (κ1) is 16.4. The van der Waals surface area contributed by atoms with Gasteiger partial charge in [0.05, 0.1) is 0 Å². The van der Waals surface area contributed by atoms with Crippen LogP contribution >= 0.6 is 39.1 Å². The largest absolute Gasteiger partial charge is 0.507 e. The van der Waals surface area contributed by atoms with Crippen molar-refractivity contribution >= 4 is 51.0 Å². The molecule has 0 amide bonds. The summed E-state index contributed by atoms with van der Waals surface area (Å²) in [5, 5.41) is 13.0. The first-order valence-electron chi connectivity index (χ1n) is 6.84. The number of halogens is 3. The highest BCUT2D eigenvalue weighted by Crippen LogP contribution is 2.44. The molecule has 23 heavy (non-hydrogen) atoms. The number of carbonyl (C=O) groups is 1. The van der Waals surface area contributed by atoms with Crippen LogP contribution in [0.25, 0.3) is 0 Å². The number of fused-ring (bicyclic) bond motifs is 1. The zero-order chi connectivity index (χ0) is 16.6. The lowest BCUT2D eigenvalue weighted by molar-refractivity contribution is 0.0562. The maximum Gasteiger partial charge on any atom is 0.507 e. The Balaban J connectivity index is 2.07. The van der Waals surface area contributed by atoms with Crippen molar-refractivity contribution in [3.8, 4) is 0 Å². The van der Waals surface area contributed by atoms with Gasteiger partial charge in [0, 0.05) is 38.1 Å². The Morgan fingerprint density at radius 1 is 1.26 bits per heavy atom. The summed E-state index contributed by atoms with van der Waals surface area (Å²) < 4.78 is 5.88. The smallest absolute Gasteiger partial charge is 0.450 e. The standard InChI is InChI=1S/C16H12BrCl2NO3/c17-9-3-1-8(2-4-9)11-7-14(23-16(21)22)20-13-6-10(18)5-12(19)15(11)13/h1-6,11,14,20H,7H2,(H,21,22). The predicted octanol–water partition coefficient (Wildman–Crippen LogP) is 5.72. The van der Waals surface area contributed by atoms with Gasteiger partial charge >= 0.3 is 6.16 Å². The molecule has 2 unspecified atom stereocenters. The van der Waals surface area contributed by atoms with Crippen molar-refractivity contribution in [3.63, 3.8) is 0 Å². The summed E-state index contributed by atoms with van der Waals surface area (Å²) >= 11 is 15.9. The molecule has 7 heteroatoms. The molecular weight excluding hydrogens is 405 g/mol. The van der Waals surface area contributed by atoms with E-state index in [0.717, 1.165) is 15.6 Å². The van der Waals surface area contributed by atoms with Crippen LogP contribution in [0, 0.1) is 0 Å². The van der Waals surface area contributed by atoms with Crippen molar-refractivity contribution in [1.29, 1.82) is 0 Å². The molecular formula is C16H12BrCl2NO3. The van der Waals surface area contributed by atoms with Crippen molar-refractivity contribution in [3.05, 3.63) is 62.0 Å². The van der Waals surface area contributed by atoms with E-state index in [4.69, 9.17) is 33.0 Å². The minimum absolute atomic E-state index is 0.0894. The lowest BCUT2D eigenvalue weighted by Gasteiger charge is -2.33. The third kappa shape index (κ3) is 3.57. The second kappa shape index (κ2) is 6.59. The van der Waals surface area contributed by atoms with Crippen LogP contribution in [0.2, 0.25) is 10.0 Å². The van der Waals surface area contributed by atoms with Gasteiger partial charge in [-0.1, -0.05) is 51.3 Å². The minimum Gasteiger partial charge on any atom is -0.450 e. The fraction of sp³-hybridized carbons (Fsp3) is 0.188. The Morgan fingerprint density at radius 3 is 2.61 bits per heavy atom.